The van der Waals surface area contributed by atoms with Gasteiger partial charge in [0.1, 0.15) is 11.5 Å². The van der Waals surface area contributed by atoms with Gasteiger partial charge in [0, 0.05) is 17.1 Å². The largest absolute Gasteiger partial charge is 0.494 e. The Hall–Kier alpha value is -2.79. The second kappa shape index (κ2) is 11.3. The summed E-state index contributed by atoms with van der Waals surface area (Å²) in [6, 6.07) is 22.2. The van der Waals surface area contributed by atoms with Crippen LogP contribution in [0.2, 0.25) is 0 Å². The van der Waals surface area contributed by atoms with E-state index in [0.717, 1.165) is 49.5 Å². The minimum atomic E-state index is 0.256. The molecule has 3 aromatic rings. The van der Waals surface area contributed by atoms with Gasteiger partial charge in [0.05, 0.1) is 13.2 Å². The number of unbranched alkanes of at least 4 members (excludes halogenated alkanes) is 4. The lowest BCUT2D eigenvalue weighted by Gasteiger charge is -2.10. The van der Waals surface area contributed by atoms with Crippen LogP contribution in [-0.4, -0.2) is 18.3 Å². The molecule has 0 aliphatic rings. The van der Waals surface area contributed by atoms with E-state index in [-0.39, 0.29) is 5.11 Å². The van der Waals surface area contributed by atoms with E-state index in [1.54, 1.807) is 0 Å². The van der Waals surface area contributed by atoms with Crippen LogP contribution in [0.15, 0.2) is 66.7 Å². The first-order valence-corrected chi connectivity index (χ1v) is 10.5. The van der Waals surface area contributed by atoms with E-state index in [1.165, 1.54) is 17.2 Å². The highest BCUT2D eigenvalue weighted by Crippen LogP contribution is 2.25. The molecule has 0 amide bonds. The van der Waals surface area contributed by atoms with Gasteiger partial charge >= 0.3 is 0 Å². The minimum absolute atomic E-state index is 0.256. The fourth-order valence-electron chi connectivity index (χ4n) is 3.23. The molecule has 29 heavy (non-hydrogen) atoms. The fourth-order valence-corrected chi connectivity index (χ4v) is 3.35. The molecule has 0 fully saturated rings. The quantitative estimate of drug-likeness (QED) is 0.305. The van der Waals surface area contributed by atoms with E-state index in [1.807, 2.05) is 36.4 Å². The topological polar surface area (TPSA) is 56.5 Å². The highest BCUT2D eigenvalue weighted by molar-refractivity contribution is 7.80. The molecule has 0 spiro atoms. The molecule has 0 radical (unpaired) electrons. The van der Waals surface area contributed by atoms with Crippen LogP contribution < -0.4 is 20.5 Å². The van der Waals surface area contributed by atoms with Crippen molar-refractivity contribution in [2.24, 2.45) is 5.73 Å². The lowest BCUT2D eigenvalue weighted by atomic mass is 10.1. The fraction of sp³-hybridized carbons (Fsp3) is 0.292. The number of thiocarbonyl (C=S) groups is 1. The average Bonchev–Trinajstić information content (AvgIpc) is 2.72. The number of hydrogen-bond acceptors (Lipinski definition) is 3. The Morgan fingerprint density at radius 3 is 2.31 bits per heavy atom. The summed E-state index contributed by atoms with van der Waals surface area (Å²) in [6.45, 7) is 1.47. The maximum atomic E-state index is 5.99. The molecule has 0 saturated carbocycles. The van der Waals surface area contributed by atoms with Crippen LogP contribution in [0.4, 0.5) is 5.69 Å². The van der Waals surface area contributed by atoms with Crippen LogP contribution in [0, 0.1) is 0 Å². The maximum Gasteiger partial charge on any atom is 0.168 e. The monoisotopic (exact) mass is 408 g/mol. The molecule has 0 aliphatic carbocycles. The van der Waals surface area contributed by atoms with E-state index in [9.17, 15) is 0 Å². The molecule has 3 aromatic carbocycles. The Kier molecular flexibility index (Phi) is 8.13. The Labute approximate surface area is 178 Å². The second-order valence-electron chi connectivity index (χ2n) is 6.96. The van der Waals surface area contributed by atoms with Gasteiger partial charge in [0.15, 0.2) is 5.11 Å². The van der Waals surface area contributed by atoms with Crippen molar-refractivity contribution in [2.45, 2.75) is 32.1 Å². The number of ether oxygens (including phenoxy) is 2. The first-order chi connectivity index (χ1) is 14.2. The van der Waals surface area contributed by atoms with Crippen molar-refractivity contribution in [2.75, 3.05) is 18.5 Å². The summed E-state index contributed by atoms with van der Waals surface area (Å²) in [5.41, 5.74) is 6.34. The molecule has 152 valence electrons. The number of nitrogens with one attached hydrogen (secondary N) is 1. The SMILES string of the molecule is NC(=S)Nc1cccc(OCCCCCCCOc2cccc3ccccc23)c1. The summed E-state index contributed by atoms with van der Waals surface area (Å²) in [7, 11) is 0. The van der Waals surface area contributed by atoms with Gasteiger partial charge in [-0.25, -0.2) is 0 Å². The summed E-state index contributed by atoms with van der Waals surface area (Å²) in [4.78, 5) is 0. The Morgan fingerprint density at radius 2 is 1.48 bits per heavy atom. The third-order valence-electron chi connectivity index (χ3n) is 4.67. The number of anilines is 1. The molecule has 3 rings (SSSR count). The molecule has 0 heterocycles. The lowest BCUT2D eigenvalue weighted by molar-refractivity contribution is 0.295. The van der Waals surface area contributed by atoms with Crippen LogP contribution in [0.5, 0.6) is 11.5 Å². The smallest absolute Gasteiger partial charge is 0.168 e. The van der Waals surface area contributed by atoms with E-state index in [2.05, 4.69) is 35.6 Å². The maximum absolute atomic E-state index is 5.99. The van der Waals surface area contributed by atoms with Gasteiger partial charge in [-0.2, -0.15) is 0 Å². The molecule has 0 bridgehead atoms. The molecule has 3 N–H and O–H groups in total. The van der Waals surface area contributed by atoms with Crippen molar-refractivity contribution in [3.05, 3.63) is 66.7 Å². The molecule has 5 heteroatoms. The first-order valence-electron chi connectivity index (χ1n) is 10.1. The molecule has 0 unspecified atom stereocenters. The molecule has 0 atom stereocenters. The van der Waals surface area contributed by atoms with Crippen molar-refractivity contribution in [1.29, 1.82) is 0 Å². The van der Waals surface area contributed by atoms with Crippen molar-refractivity contribution in [3.63, 3.8) is 0 Å². The van der Waals surface area contributed by atoms with Crippen LogP contribution in [0.25, 0.3) is 10.8 Å². The highest BCUT2D eigenvalue weighted by atomic mass is 32.1. The van der Waals surface area contributed by atoms with Crippen LogP contribution in [0.1, 0.15) is 32.1 Å². The van der Waals surface area contributed by atoms with Gasteiger partial charge in [-0.1, -0.05) is 61.7 Å². The van der Waals surface area contributed by atoms with Crippen LogP contribution in [0.3, 0.4) is 0 Å². The predicted molar refractivity (Wildman–Crippen MR) is 125 cm³/mol. The van der Waals surface area contributed by atoms with E-state index < -0.39 is 0 Å². The third kappa shape index (κ3) is 6.95. The Bertz CT molecular complexity index is 924. The standard InChI is InChI=1S/C24H28N2O2S/c25-24(29)26-20-12-9-13-21(18-20)27-16-6-2-1-3-7-17-28-23-15-8-11-19-10-4-5-14-22(19)23/h4-5,8-15,18H,1-3,6-7,16-17H2,(H3,25,26,29). The summed E-state index contributed by atoms with van der Waals surface area (Å²) in [5, 5.41) is 5.57. The zero-order valence-corrected chi connectivity index (χ0v) is 17.4. The lowest BCUT2D eigenvalue weighted by Crippen LogP contribution is -2.18. The molecule has 4 nitrogen and oxygen atoms in total. The Balaban J connectivity index is 1.27. The molecule has 0 aromatic heterocycles. The van der Waals surface area contributed by atoms with Gasteiger partial charge in [0.25, 0.3) is 0 Å². The summed E-state index contributed by atoms with van der Waals surface area (Å²) < 4.78 is 11.8. The van der Waals surface area contributed by atoms with Crippen molar-refractivity contribution in [1.82, 2.24) is 0 Å². The molecule has 0 saturated heterocycles. The second-order valence-corrected chi connectivity index (χ2v) is 7.40. The third-order valence-corrected chi connectivity index (χ3v) is 4.77. The summed E-state index contributed by atoms with van der Waals surface area (Å²) in [6.07, 6.45) is 5.61. The van der Waals surface area contributed by atoms with Crippen LogP contribution >= 0.6 is 12.2 Å². The predicted octanol–water partition coefficient (Wildman–Crippen LogP) is 5.90. The number of rotatable bonds is 11. The zero-order chi connectivity index (χ0) is 20.3. The number of hydrogen-bond donors (Lipinski definition) is 2. The van der Waals surface area contributed by atoms with Crippen molar-refractivity contribution < 1.29 is 9.47 Å². The minimum Gasteiger partial charge on any atom is -0.494 e. The van der Waals surface area contributed by atoms with E-state index in [4.69, 9.17) is 27.4 Å². The number of nitrogens with two attached hydrogens (primary N) is 1. The van der Waals surface area contributed by atoms with E-state index in [0.29, 0.717) is 6.61 Å². The van der Waals surface area contributed by atoms with Crippen molar-refractivity contribution in [3.8, 4) is 11.5 Å². The van der Waals surface area contributed by atoms with Crippen molar-refractivity contribution >= 4 is 33.8 Å². The number of fused-ring (bicyclic) bond motifs is 1. The van der Waals surface area contributed by atoms with Gasteiger partial charge in [0.2, 0.25) is 0 Å². The molecular formula is C24H28N2O2S. The van der Waals surface area contributed by atoms with E-state index >= 15 is 0 Å². The van der Waals surface area contributed by atoms with Gasteiger partial charge in [-0.05, 0) is 48.6 Å². The summed E-state index contributed by atoms with van der Waals surface area (Å²) >= 11 is 4.85. The average molecular weight is 409 g/mol. The number of benzene rings is 3. The Morgan fingerprint density at radius 1 is 0.793 bits per heavy atom. The normalized spacial score (nSPS) is 10.6. The van der Waals surface area contributed by atoms with Gasteiger partial charge in [-0.3, -0.25) is 0 Å². The first kappa shape index (κ1) is 20.9. The zero-order valence-electron chi connectivity index (χ0n) is 16.6. The summed E-state index contributed by atoms with van der Waals surface area (Å²) in [5.74, 6) is 1.80. The highest BCUT2D eigenvalue weighted by Gasteiger charge is 2.01. The van der Waals surface area contributed by atoms with Crippen LogP contribution in [-0.2, 0) is 0 Å². The molecular weight excluding hydrogens is 380 g/mol. The van der Waals surface area contributed by atoms with Gasteiger partial charge in [-0.15, -0.1) is 0 Å². The molecule has 0 aliphatic heterocycles. The van der Waals surface area contributed by atoms with Gasteiger partial charge < -0.3 is 20.5 Å².